The van der Waals surface area contributed by atoms with Crippen LogP contribution in [-0.4, -0.2) is 15.1 Å². The van der Waals surface area contributed by atoms with Gasteiger partial charge in [-0.05, 0) is 25.0 Å². The van der Waals surface area contributed by atoms with Crippen molar-refractivity contribution in [1.29, 1.82) is 0 Å². The van der Waals surface area contributed by atoms with Gasteiger partial charge in [0.2, 0.25) is 0 Å². The Labute approximate surface area is 124 Å². The first-order valence-corrected chi connectivity index (χ1v) is 6.98. The van der Waals surface area contributed by atoms with Crippen LogP contribution >= 0.6 is 0 Å². The zero-order valence-electron chi connectivity index (χ0n) is 12.2. The van der Waals surface area contributed by atoms with E-state index in [9.17, 15) is 5.11 Å². The second kappa shape index (κ2) is 5.19. The van der Waals surface area contributed by atoms with Crippen LogP contribution in [0.3, 0.4) is 0 Å². The van der Waals surface area contributed by atoms with E-state index in [1.54, 1.807) is 6.20 Å². The average molecular weight is 278 g/mol. The molecule has 3 nitrogen and oxygen atoms in total. The average Bonchev–Trinajstić information content (AvgIpc) is 2.95. The van der Waals surface area contributed by atoms with Gasteiger partial charge < -0.3 is 10.1 Å². The third kappa shape index (κ3) is 2.36. The van der Waals surface area contributed by atoms with Crippen molar-refractivity contribution in [2.75, 3.05) is 0 Å². The number of aryl methyl sites for hydroxylation is 2. The second-order valence-electron chi connectivity index (χ2n) is 5.32. The number of benzene rings is 2. The molecule has 0 saturated heterocycles. The molecular formula is C18H18N2O. The predicted octanol–water partition coefficient (Wildman–Crippen LogP) is 3.31. The minimum atomic E-state index is -1.23. The maximum absolute atomic E-state index is 11.5. The highest BCUT2D eigenvalue weighted by Gasteiger charge is 2.35. The molecule has 2 N–H and O–H groups in total. The topological polar surface area (TPSA) is 48.9 Å². The van der Waals surface area contributed by atoms with Crippen LogP contribution in [0.5, 0.6) is 0 Å². The third-order valence-corrected chi connectivity index (χ3v) is 3.75. The summed E-state index contributed by atoms with van der Waals surface area (Å²) in [6, 6.07) is 17.6. The molecule has 1 atom stereocenters. The summed E-state index contributed by atoms with van der Waals surface area (Å²) in [6.45, 7) is 3.91. The number of rotatable bonds is 3. The van der Waals surface area contributed by atoms with Crippen molar-refractivity contribution in [3.8, 4) is 0 Å². The van der Waals surface area contributed by atoms with Gasteiger partial charge in [-0.1, -0.05) is 60.2 Å². The van der Waals surface area contributed by atoms with Gasteiger partial charge in [0.15, 0.2) is 5.60 Å². The summed E-state index contributed by atoms with van der Waals surface area (Å²) in [5, 5.41) is 11.5. The van der Waals surface area contributed by atoms with Crippen LogP contribution in [0.4, 0.5) is 0 Å². The molecule has 0 fully saturated rings. The monoisotopic (exact) mass is 278 g/mol. The molecule has 0 aliphatic rings. The van der Waals surface area contributed by atoms with E-state index >= 15 is 0 Å². The van der Waals surface area contributed by atoms with Gasteiger partial charge in [-0.2, -0.15) is 0 Å². The Morgan fingerprint density at radius 2 is 1.52 bits per heavy atom. The van der Waals surface area contributed by atoms with Crippen LogP contribution < -0.4 is 0 Å². The van der Waals surface area contributed by atoms with Crippen molar-refractivity contribution in [3.05, 3.63) is 89.0 Å². The molecule has 1 unspecified atom stereocenters. The van der Waals surface area contributed by atoms with Crippen molar-refractivity contribution in [2.24, 2.45) is 0 Å². The normalized spacial score (nSPS) is 13.9. The minimum absolute atomic E-state index is 0.676. The highest BCUT2D eigenvalue weighted by molar-refractivity contribution is 5.44. The van der Waals surface area contributed by atoms with E-state index in [1.165, 1.54) is 0 Å². The van der Waals surface area contributed by atoms with E-state index in [1.807, 2.05) is 68.4 Å². The lowest BCUT2D eigenvalue weighted by Gasteiger charge is -2.28. The molecule has 0 bridgehead atoms. The number of nitrogens with zero attached hydrogens (tertiary/aromatic N) is 1. The highest BCUT2D eigenvalue weighted by atomic mass is 16.3. The van der Waals surface area contributed by atoms with Crippen molar-refractivity contribution in [2.45, 2.75) is 19.4 Å². The van der Waals surface area contributed by atoms with Crippen LogP contribution in [0.15, 0.2) is 60.8 Å². The predicted molar refractivity (Wildman–Crippen MR) is 83.0 cm³/mol. The second-order valence-corrected chi connectivity index (χ2v) is 5.32. The van der Waals surface area contributed by atoms with E-state index in [0.29, 0.717) is 5.69 Å². The van der Waals surface area contributed by atoms with Crippen molar-refractivity contribution in [1.82, 2.24) is 9.97 Å². The zero-order valence-corrected chi connectivity index (χ0v) is 12.2. The fourth-order valence-electron chi connectivity index (χ4n) is 2.56. The molecule has 0 radical (unpaired) electrons. The van der Waals surface area contributed by atoms with E-state index in [2.05, 4.69) is 9.97 Å². The Kier molecular flexibility index (Phi) is 3.35. The summed E-state index contributed by atoms with van der Waals surface area (Å²) < 4.78 is 0. The maximum Gasteiger partial charge on any atom is 0.156 e. The summed E-state index contributed by atoms with van der Waals surface area (Å²) in [4.78, 5) is 7.40. The van der Waals surface area contributed by atoms with Gasteiger partial charge in [0, 0.05) is 0 Å². The van der Waals surface area contributed by atoms with Gasteiger partial charge in [-0.25, -0.2) is 4.98 Å². The molecule has 0 saturated carbocycles. The van der Waals surface area contributed by atoms with Gasteiger partial charge in [-0.3, -0.25) is 0 Å². The largest absolute Gasteiger partial charge is 0.374 e. The highest BCUT2D eigenvalue weighted by Crippen LogP contribution is 2.35. The van der Waals surface area contributed by atoms with Crippen molar-refractivity contribution >= 4 is 0 Å². The number of hydrogen-bond donors (Lipinski definition) is 2. The van der Waals surface area contributed by atoms with Gasteiger partial charge in [-0.15, -0.1) is 0 Å². The fourth-order valence-corrected chi connectivity index (χ4v) is 2.56. The van der Waals surface area contributed by atoms with E-state index in [-0.39, 0.29) is 0 Å². The molecule has 1 aromatic heterocycles. The van der Waals surface area contributed by atoms with E-state index in [4.69, 9.17) is 0 Å². The third-order valence-electron chi connectivity index (χ3n) is 3.75. The molecule has 0 aliphatic carbocycles. The van der Waals surface area contributed by atoms with Crippen LogP contribution in [-0.2, 0) is 5.60 Å². The molecule has 0 amide bonds. The molecule has 0 aliphatic heterocycles. The number of H-pyrrole nitrogens is 1. The summed E-state index contributed by atoms with van der Waals surface area (Å²) in [7, 11) is 0. The quantitative estimate of drug-likeness (QED) is 0.772. The lowest BCUT2D eigenvalue weighted by Crippen LogP contribution is -2.29. The van der Waals surface area contributed by atoms with Crippen LogP contribution in [0.25, 0.3) is 0 Å². The number of aromatic amines is 1. The SMILES string of the molecule is Cc1ccc(C(O)(c2ccccc2)c2cnc(C)[nH]2)cc1. The van der Waals surface area contributed by atoms with Crippen molar-refractivity contribution in [3.63, 3.8) is 0 Å². The summed E-state index contributed by atoms with van der Waals surface area (Å²) >= 11 is 0. The molecule has 2 aromatic carbocycles. The lowest BCUT2D eigenvalue weighted by atomic mass is 9.83. The first-order chi connectivity index (χ1) is 10.1. The first kappa shape index (κ1) is 13.6. The summed E-state index contributed by atoms with van der Waals surface area (Å²) in [5.74, 6) is 0.784. The molecule has 1 heterocycles. The van der Waals surface area contributed by atoms with E-state index < -0.39 is 5.60 Å². The summed E-state index contributed by atoms with van der Waals surface area (Å²) in [5.41, 5.74) is 2.25. The Morgan fingerprint density at radius 3 is 2.10 bits per heavy atom. The van der Waals surface area contributed by atoms with Gasteiger partial charge in [0.05, 0.1) is 11.9 Å². The smallest absolute Gasteiger partial charge is 0.156 e. The number of aliphatic hydroxyl groups is 1. The Morgan fingerprint density at radius 1 is 0.905 bits per heavy atom. The molecule has 0 spiro atoms. The Bertz CT molecular complexity index is 731. The Balaban J connectivity index is 2.22. The number of nitrogens with one attached hydrogen (secondary N) is 1. The molecule has 3 rings (SSSR count). The fraction of sp³-hybridized carbons (Fsp3) is 0.167. The Hall–Kier alpha value is -2.39. The van der Waals surface area contributed by atoms with Gasteiger partial charge >= 0.3 is 0 Å². The molecular weight excluding hydrogens is 260 g/mol. The van der Waals surface area contributed by atoms with Gasteiger partial charge in [0.25, 0.3) is 0 Å². The van der Waals surface area contributed by atoms with Gasteiger partial charge in [0.1, 0.15) is 5.82 Å². The van der Waals surface area contributed by atoms with Crippen molar-refractivity contribution < 1.29 is 5.11 Å². The van der Waals surface area contributed by atoms with Crippen LogP contribution in [0.1, 0.15) is 28.2 Å². The first-order valence-electron chi connectivity index (χ1n) is 6.98. The number of hydrogen-bond acceptors (Lipinski definition) is 2. The summed E-state index contributed by atoms with van der Waals surface area (Å²) in [6.07, 6.45) is 1.70. The van der Waals surface area contributed by atoms with Crippen LogP contribution in [0, 0.1) is 13.8 Å². The van der Waals surface area contributed by atoms with E-state index in [0.717, 1.165) is 22.5 Å². The molecule has 106 valence electrons. The van der Waals surface area contributed by atoms with Crippen LogP contribution in [0.2, 0.25) is 0 Å². The maximum atomic E-state index is 11.5. The minimum Gasteiger partial charge on any atom is -0.374 e. The zero-order chi connectivity index (χ0) is 14.9. The molecule has 3 aromatic rings. The molecule has 3 heteroatoms. The standard InChI is InChI=1S/C18H18N2O/c1-13-8-10-16(11-9-13)18(21,15-6-4-3-5-7-15)17-12-19-14(2)20-17/h3-12,21H,1-2H3,(H,19,20). The number of imidazole rings is 1. The molecule has 21 heavy (non-hydrogen) atoms. The lowest BCUT2D eigenvalue weighted by molar-refractivity contribution is 0.121. The number of aromatic nitrogens is 2.